The average molecular weight is 383 g/mol. The number of carbonyl (C=O) groups excluding carboxylic acids is 2. The molecule has 0 saturated heterocycles. The standard InChI is InChI=1S/C17H22N4O4.ClH/c1-10(18)17(23)24-13-6-4-12(5-7-13)21(2)16(22)11-3-8-14-15(9-11)20-25-19-14;/h3,8-10,12-13H,4-7,18H2,1-2H3;1H/t10?,12-,13-;. The van der Waals surface area contributed by atoms with Crippen LogP contribution in [0.3, 0.4) is 0 Å². The van der Waals surface area contributed by atoms with Crippen LogP contribution in [0.5, 0.6) is 0 Å². The molecule has 0 radical (unpaired) electrons. The van der Waals surface area contributed by atoms with Crippen LogP contribution in [0.1, 0.15) is 43.0 Å². The molecule has 9 heteroatoms. The Hall–Kier alpha value is -2.19. The number of fused-ring (bicyclic) bond motifs is 1. The van der Waals surface area contributed by atoms with Crippen LogP contribution in [0.2, 0.25) is 0 Å². The molecule has 0 aliphatic heterocycles. The van der Waals surface area contributed by atoms with Gasteiger partial charge in [0.2, 0.25) is 0 Å². The first-order valence-electron chi connectivity index (χ1n) is 8.41. The molecule has 8 nitrogen and oxygen atoms in total. The van der Waals surface area contributed by atoms with Gasteiger partial charge in [0.25, 0.3) is 5.91 Å². The van der Waals surface area contributed by atoms with E-state index in [1.165, 1.54) is 0 Å². The Morgan fingerprint density at radius 2 is 1.88 bits per heavy atom. The maximum Gasteiger partial charge on any atom is 0.322 e. The SMILES string of the molecule is CC(N)C(=O)O[C@H]1CC[C@H](N(C)C(=O)c2ccc3nonc3c2)CC1.Cl. The summed E-state index contributed by atoms with van der Waals surface area (Å²) in [4.78, 5) is 26.0. The van der Waals surface area contributed by atoms with Gasteiger partial charge < -0.3 is 15.4 Å². The number of rotatable bonds is 4. The molecular formula is C17H23ClN4O4. The van der Waals surface area contributed by atoms with Gasteiger partial charge in [0.1, 0.15) is 23.2 Å². The molecule has 1 aliphatic rings. The zero-order valence-electron chi connectivity index (χ0n) is 14.8. The lowest BCUT2D eigenvalue weighted by Crippen LogP contribution is -2.42. The van der Waals surface area contributed by atoms with E-state index in [0.717, 1.165) is 25.7 Å². The van der Waals surface area contributed by atoms with Crippen molar-refractivity contribution in [1.82, 2.24) is 15.2 Å². The first-order chi connectivity index (χ1) is 12.0. The van der Waals surface area contributed by atoms with Crippen molar-refractivity contribution >= 4 is 35.3 Å². The third kappa shape index (κ3) is 4.31. The van der Waals surface area contributed by atoms with Gasteiger partial charge in [-0.1, -0.05) is 0 Å². The predicted molar refractivity (Wildman–Crippen MR) is 96.9 cm³/mol. The summed E-state index contributed by atoms with van der Waals surface area (Å²) in [6.07, 6.45) is 2.91. The van der Waals surface area contributed by atoms with Crippen molar-refractivity contribution in [1.29, 1.82) is 0 Å². The number of nitrogens with zero attached hydrogens (tertiary/aromatic N) is 3. The van der Waals surface area contributed by atoms with E-state index in [0.29, 0.717) is 16.6 Å². The van der Waals surface area contributed by atoms with Crippen LogP contribution >= 0.6 is 12.4 Å². The third-order valence-corrected chi connectivity index (χ3v) is 4.67. The lowest BCUT2D eigenvalue weighted by atomic mass is 9.91. The average Bonchev–Trinajstić information content (AvgIpc) is 3.08. The molecule has 1 aromatic heterocycles. The number of hydrogen-bond donors (Lipinski definition) is 1. The highest BCUT2D eigenvalue weighted by molar-refractivity contribution is 5.97. The first-order valence-corrected chi connectivity index (χ1v) is 8.41. The largest absolute Gasteiger partial charge is 0.461 e. The molecule has 26 heavy (non-hydrogen) atoms. The third-order valence-electron chi connectivity index (χ3n) is 4.67. The minimum atomic E-state index is -0.608. The van der Waals surface area contributed by atoms with E-state index in [1.54, 1.807) is 37.1 Å². The van der Waals surface area contributed by atoms with Crippen molar-refractivity contribution in [3.63, 3.8) is 0 Å². The molecule has 2 N–H and O–H groups in total. The molecule has 1 fully saturated rings. The van der Waals surface area contributed by atoms with Gasteiger partial charge in [0, 0.05) is 18.7 Å². The van der Waals surface area contributed by atoms with Crippen molar-refractivity contribution in [3.8, 4) is 0 Å². The van der Waals surface area contributed by atoms with Crippen molar-refractivity contribution in [2.75, 3.05) is 7.05 Å². The summed E-state index contributed by atoms with van der Waals surface area (Å²) in [5.74, 6) is -0.441. The summed E-state index contributed by atoms with van der Waals surface area (Å²) in [5, 5.41) is 7.51. The molecule has 3 rings (SSSR count). The Labute approximate surface area is 157 Å². The number of carbonyl (C=O) groups is 2. The van der Waals surface area contributed by atoms with Crippen LogP contribution in [0, 0.1) is 0 Å². The highest BCUT2D eigenvalue weighted by Gasteiger charge is 2.29. The Morgan fingerprint density at radius 1 is 1.23 bits per heavy atom. The normalized spacial score (nSPS) is 20.9. The summed E-state index contributed by atoms with van der Waals surface area (Å²) >= 11 is 0. The van der Waals surface area contributed by atoms with Gasteiger partial charge in [0.05, 0.1) is 0 Å². The fourth-order valence-electron chi connectivity index (χ4n) is 3.11. The number of esters is 1. The molecule has 0 spiro atoms. The summed E-state index contributed by atoms with van der Waals surface area (Å²) in [7, 11) is 1.80. The molecule has 142 valence electrons. The summed E-state index contributed by atoms with van der Waals surface area (Å²) in [5.41, 5.74) is 7.25. The van der Waals surface area contributed by atoms with Gasteiger partial charge in [0.15, 0.2) is 0 Å². The summed E-state index contributed by atoms with van der Waals surface area (Å²) < 4.78 is 10.0. The highest BCUT2D eigenvalue weighted by atomic mass is 35.5. The minimum absolute atomic E-state index is 0. The van der Waals surface area contributed by atoms with Gasteiger partial charge in [-0.05, 0) is 61.1 Å². The maximum absolute atomic E-state index is 12.7. The molecule has 1 heterocycles. The van der Waals surface area contributed by atoms with E-state index < -0.39 is 6.04 Å². The lowest BCUT2D eigenvalue weighted by Gasteiger charge is -2.34. The number of hydrogen-bond acceptors (Lipinski definition) is 7. The van der Waals surface area contributed by atoms with E-state index >= 15 is 0 Å². The number of aromatic nitrogens is 2. The quantitative estimate of drug-likeness (QED) is 0.804. The molecule has 1 amide bonds. The summed E-state index contributed by atoms with van der Waals surface area (Å²) in [6.45, 7) is 1.61. The summed E-state index contributed by atoms with van der Waals surface area (Å²) in [6, 6.07) is 4.63. The van der Waals surface area contributed by atoms with E-state index in [-0.39, 0.29) is 36.4 Å². The second-order valence-corrected chi connectivity index (χ2v) is 6.54. The van der Waals surface area contributed by atoms with E-state index in [4.69, 9.17) is 10.5 Å². The maximum atomic E-state index is 12.7. The second kappa shape index (κ2) is 8.46. The fraction of sp³-hybridized carbons (Fsp3) is 0.529. The highest BCUT2D eigenvalue weighted by Crippen LogP contribution is 2.26. The molecule has 0 bridgehead atoms. The monoisotopic (exact) mass is 382 g/mol. The van der Waals surface area contributed by atoms with Crippen LogP contribution in [0.15, 0.2) is 22.8 Å². The second-order valence-electron chi connectivity index (χ2n) is 6.54. The topological polar surface area (TPSA) is 112 Å². The molecule has 1 aliphatic carbocycles. The van der Waals surface area contributed by atoms with E-state index in [2.05, 4.69) is 14.9 Å². The van der Waals surface area contributed by atoms with E-state index in [1.807, 2.05) is 0 Å². The zero-order chi connectivity index (χ0) is 18.0. The van der Waals surface area contributed by atoms with Crippen LogP contribution in [0.25, 0.3) is 11.0 Å². The first kappa shape index (κ1) is 20.1. The van der Waals surface area contributed by atoms with Gasteiger partial charge in [-0.3, -0.25) is 9.59 Å². The molecule has 1 saturated carbocycles. The molecular weight excluding hydrogens is 360 g/mol. The van der Waals surface area contributed by atoms with Crippen molar-refractivity contribution in [3.05, 3.63) is 23.8 Å². The van der Waals surface area contributed by atoms with Crippen LogP contribution in [-0.2, 0) is 9.53 Å². The van der Waals surface area contributed by atoms with Crippen LogP contribution < -0.4 is 5.73 Å². The molecule has 1 unspecified atom stereocenters. The van der Waals surface area contributed by atoms with Crippen molar-refractivity contribution < 1.29 is 19.0 Å². The number of amides is 1. The van der Waals surface area contributed by atoms with Crippen molar-refractivity contribution in [2.45, 2.75) is 50.8 Å². The minimum Gasteiger partial charge on any atom is -0.461 e. The van der Waals surface area contributed by atoms with Crippen molar-refractivity contribution in [2.24, 2.45) is 5.73 Å². The van der Waals surface area contributed by atoms with Crippen LogP contribution in [-0.4, -0.2) is 52.3 Å². The van der Waals surface area contributed by atoms with Gasteiger partial charge in [-0.25, -0.2) is 4.63 Å². The van der Waals surface area contributed by atoms with Gasteiger partial charge in [-0.2, -0.15) is 0 Å². The predicted octanol–water partition coefficient (Wildman–Crippen LogP) is 1.92. The Bertz CT molecular complexity index is 771. The molecule has 1 atom stereocenters. The fourth-order valence-corrected chi connectivity index (χ4v) is 3.11. The number of benzene rings is 1. The Morgan fingerprint density at radius 3 is 2.54 bits per heavy atom. The zero-order valence-corrected chi connectivity index (χ0v) is 15.6. The van der Waals surface area contributed by atoms with Gasteiger partial charge >= 0.3 is 5.97 Å². The number of halogens is 1. The Kier molecular flexibility index (Phi) is 6.55. The number of nitrogens with two attached hydrogens (primary N) is 1. The molecule has 2 aromatic rings. The lowest BCUT2D eigenvalue weighted by molar-refractivity contribution is -0.152. The van der Waals surface area contributed by atoms with Gasteiger partial charge in [-0.15, -0.1) is 12.4 Å². The number of ether oxygens (including phenoxy) is 1. The Balaban J connectivity index is 0.00000243. The molecule has 1 aromatic carbocycles. The van der Waals surface area contributed by atoms with E-state index in [9.17, 15) is 9.59 Å². The smallest absolute Gasteiger partial charge is 0.322 e. The van der Waals surface area contributed by atoms with Crippen LogP contribution in [0.4, 0.5) is 0 Å².